The third kappa shape index (κ3) is 7.34. The molecule has 2 atom stereocenters. The van der Waals surface area contributed by atoms with Gasteiger partial charge in [-0.1, -0.05) is 32.4 Å². The number of likely N-dealkylation sites (tertiary alicyclic amines) is 1. The van der Waals surface area contributed by atoms with E-state index in [1.165, 1.54) is 47.4 Å². The number of alkyl halides is 1. The van der Waals surface area contributed by atoms with E-state index in [9.17, 15) is 29.6 Å². The Hall–Kier alpha value is -2.58. The Kier molecular flexibility index (Phi) is 10.5. The predicted octanol–water partition coefficient (Wildman–Crippen LogP) is 5.38. The van der Waals surface area contributed by atoms with Crippen molar-refractivity contribution in [3.8, 4) is 5.75 Å². The van der Waals surface area contributed by atoms with E-state index in [0.717, 1.165) is 9.11 Å². The molecule has 2 aromatic rings. The number of esters is 1. The van der Waals surface area contributed by atoms with Gasteiger partial charge in [0.25, 0.3) is 5.69 Å². The van der Waals surface area contributed by atoms with Gasteiger partial charge in [-0.2, -0.15) is 0 Å². The van der Waals surface area contributed by atoms with E-state index in [1.54, 1.807) is 32.2 Å². The molecule has 1 amide bonds. The van der Waals surface area contributed by atoms with Crippen LogP contribution in [-0.2, 0) is 25.7 Å². The van der Waals surface area contributed by atoms with Gasteiger partial charge in [0.2, 0.25) is 11.0 Å². The molecule has 1 aliphatic rings. The summed E-state index contributed by atoms with van der Waals surface area (Å²) < 4.78 is 12.4. The Balaban J connectivity index is 2.04. The van der Waals surface area contributed by atoms with Crippen LogP contribution in [0.25, 0.3) is 0 Å². The van der Waals surface area contributed by atoms with Gasteiger partial charge in [-0.15, -0.1) is 23.1 Å². The Labute approximate surface area is 242 Å². The van der Waals surface area contributed by atoms with Crippen LogP contribution in [0.15, 0.2) is 50.7 Å². The number of thiophene rings is 1. The standard InChI is InChI=1S/C25H27ClN2O8S3/c1-25(2,3)24(32)39-22(36-17-10-12-38-23(17)37-4)18(27-19(26)16(9-11-29)20(27)30)21(31)35-13-14-5-7-15(8-6-14)28(33)34/h5-8,10,12,16,19,29H,9,11,13H2,1-4H3/t16-,19-/m1/s1. The maximum absolute atomic E-state index is 13.5. The highest BCUT2D eigenvalue weighted by Crippen LogP contribution is 2.43. The lowest BCUT2D eigenvalue weighted by molar-refractivity contribution is -0.384. The fourth-order valence-corrected chi connectivity index (χ4v) is 6.04. The molecule has 0 unspecified atom stereocenters. The lowest BCUT2D eigenvalue weighted by Crippen LogP contribution is -2.59. The summed E-state index contributed by atoms with van der Waals surface area (Å²) in [7, 11) is 0. The summed E-state index contributed by atoms with van der Waals surface area (Å²) in [6.45, 7) is 4.58. The first-order chi connectivity index (χ1) is 18.4. The summed E-state index contributed by atoms with van der Waals surface area (Å²) in [6, 6.07) is 7.12. The molecule has 0 radical (unpaired) electrons. The molecule has 1 N–H and O–H groups in total. The minimum absolute atomic E-state index is 0.0973. The van der Waals surface area contributed by atoms with Crippen LogP contribution >= 0.6 is 46.5 Å². The smallest absolute Gasteiger partial charge is 0.359 e. The molecule has 1 fully saturated rings. The number of rotatable bonds is 11. The lowest BCUT2D eigenvalue weighted by Gasteiger charge is -2.43. The number of halogens is 1. The number of carbonyl (C=O) groups is 3. The molecule has 14 heteroatoms. The quantitative estimate of drug-likeness (QED) is 0.0404. The number of nitro benzene ring substituents is 1. The van der Waals surface area contributed by atoms with Crippen molar-refractivity contribution in [1.82, 2.24) is 4.90 Å². The number of hydrogen-bond acceptors (Lipinski definition) is 11. The average Bonchev–Trinajstić information content (AvgIpc) is 3.35. The molecular weight excluding hydrogens is 588 g/mol. The maximum atomic E-state index is 13.5. The molecule has 0 bridgehead atoms. The van der Waals surface area contributed by atoms with Crippen molar-refractivity contribution in [2.45, 2.75) is 43.5 Å². The average molecular weight is 615 g/mol. The Morgan fingerprint density at radius 1 is 1.23 bits per heavy atom. The molecule has 1 aliphatic heterocycles. The van der Waals surface area contributed by atoms with E-state index in [-0.39, 0.29) is 41.2 Å². The Bertz CT molecular complexity index is 1270. The topological polar surface area (TPSA) is 136 Å². The molecule has 1 saturated heterocycles. The summed E-state index contributed by atoms with van der Waals surface area (Å²) in [4.78, 5) is 51.1. The zero-order valence-corrected chi connectivity index (χ0v) is 24.7. The number of β-lactam (4-membered cyclic amide) rings is 1. The zero-order valence-electron chi connectivity index (χ0n) is 21.5. The number of nitro groups is 1. The first-order valence-electron chi connectivity index (χ1n) is 11.6. The van der Waals surface area contributed by atoms with E-state index in [4.69, 9.17) is 21.1 Å². The van der Waals surface area contributed by atoms with Crippen molar-refractivity contribution in [3.05, 3.63) is 62.2 Å². The number of thioether (sulfide) groups is 2. The second-order valence-electron chi connectivity index (χ2n) is 9.35. The van der Waals surface area contributed by atoms with Crippen molar-refractivity contribution < 1.29 is 33.9 Å². The Morgan fingerprint density at radius 3 is 2.44 bits per heavy atom. The molecular formula is C25H27ClN2O8S3. The fraction of sp³-hybridized carbons (Fsp3) is 0.400. The summed E-state index contributed by atoms with van der Waals surface area (Å²) in [5, 5.41) is 21.6. The summed E-state index contributed by atoms with van der Waals surface area (Å²) in [5.74, 6) is -1.84. The number of non-ortho nitro benzene ring substituents is 1. The molecule has 3 rings (SSSR count). The number of amides is 1. The van der Waals surface area contributed by atoms with E-state index in [0.29, 0.717) is 23.1 Å². The van der Waals surface area contributed by atoms with Gasteiger partial charge in [0, 0.05) is 24.2 Å². The van der Waals surface area contributed by atoms with Gasteiger partial charge in [-0.25, -0.2) is 4.79 Å². The molecule has 1 aromatic carbocycles. The van der Waals surface area contributed by atoms with E-state index in [1.807, 2.05) is 6.26 Å². The second-order valence-corrected chi connectivity index (χ2v) is 12.7. The first kappa shape index (κ1) is 31.0. The number of aliphatic hydroxyl groups excluding tert-OH is 1. The highest BCUT2D eigenvalue weighted by atomic mass is 35.5. The van der Waals surface area contributed by atoms with Crippen LogP contribution in [0.3, 0.4) is 0 Å². The van der Waals surface area contributed by atoms with Crippen LogP contribution in [0.1, 0.15) is 32.8 Å². The van der Waals surface area contributed by atoms with Gasteiger partial charge < -0.3 is 14.6 Å². The molecule has 0 spiro atoms. The van der Waals surface area contributed by atoms with Gasteiger partial charge in [0.1, 0.15) is 16.3 Å². The highest BCUT2D eigenvalue weighted by Gasteiger charge is 2.51. The van der Waals surface area contributed by atoms with Crippen molar-refractivity contribution in [2.75, 3.05) is 12.9 Å². The third-order valence-corrected chi connectivity index (χ3v) is 9.31. The first-order valence-corrected chi connectivity index (χ1v) is 15.0. The van der Waals surface area contributed by atoms with Gasteiger partial charge in [0.05, 0.1) is 10.8 Å². The summed E-state index contributed by atoms with van der Waals surface area (Å²) in [5.41, 5.74) is -1.80. The minimum atomic E-state index is -0.988. The summed E-state index contributed by atoms with van der Waals surface area (Å²) in [6.07, 6.45) is 1.95. The second kappa shape index (κ2) is 13.2. The van der Waals surface area contributed by atoms with E-state index < -0.39 is 33.6 Å². The largest absolute Gasteiger partial charge is 0.456 e. The third-order valence-electron chi connectivity index (χ3n) is 5.50. The molecule has 0 aliphatic carbocycles. The minimum Gasteiger partial charge on any atom is -0.456 e. The normalized spacial score (nSPS) is 17.8. The van der Waals surface area contributed by atoms with Crippen molar-refractivity contribution in [2.24, 2.45) is 11.3 Å². The van der Waals surface area contributed by atoms with Crippen molar-refractivity contribution in [3.63, 3.8) is 0 Å². The zero-order chi connectivity index (χ0) is 28.9. The lowest BCUT2D eigenvalue weighted by atomic mass is 9.94. The van der Waals surface area contributed by atoms with Crippen LogP contribution in [0.2, 0.25) is 0 Å². The number of benzene rings is 1. The molecule has 39 heavy (non-hydrogen) atoms. The molecule has 10 nitrogen and oxygen atoms in total. The molecule has 1 aromatic heterocycles. The number of nitrogens with zero attached hydrogens (tertiary/aromatic N) is 2. The molecule has 2 heterocycles. The van der Waals surface area contributed by atoms with Crippen LogP contribution in [0.4, 0.5) is 5.69 Å². The number of aliphatic hydroxyl groups is 1. The van der Waals surface area contributed by atoms with Gasteiger partial charge in [-0.3, -0.25) is 24.6 Å². The van der Waals surface area contributed by atoms with Crippen LogP contribution < -0.4 is 4.74 Å². The summed E-state index contributed by atoms with van der Waals surface area (Å²) >= 11 is 9.99. The highest BCUT2D eigenvalue weighted by molar-refractivity contribution is 8.16. The SMILES string of the molecule is CSc1sccc1OC(SC(=O)C(C)(C)C)=C(C(=O)OCc1ccc([N+](=O)[O-])cc1)N1C(=O)[C@H](CCO)[C@@H]1Cl. The van der Waals surface area contributed by atoms with Gasteiger partial charge in [0.15, 0.2) is 16.5 Å². The fourth-order valence-electron chi connectivity index (χ4n) is 3.32. The molecule has 210 valence electrons. The van der Waals surface area contributed by atoms with E-state index >= 15 is 0 Å². The predicted molar refractivity (Wildman–Crippen MR) is 150 cm³/mol. The van der Waals surface area contributed by atoms with Crippen LogP contribution in [-0.4, -0.2) is 50.3 Å². The molecule has 0 saturated carbocycles. The van der Waals surface area contributed by atoms with Gasteiger partial charge in [-0.05, 0) is 53.6 Å². The Morgan fingerprint density at radius 2 is 1.90 bits per heavy atom. The van der Waals surface area contributed by atoms with Crippen molar-refractivity contribution in [1.29, 1.82) is 0 Å². The van der Waals surface area contributed by atoms with Crippen LogP contribution in [0, 0.1) is 21.4 Å². The number of hydrogen-bond donors (Lipinski definition) is 1. The van der Waals surface area contributed by atoms with Gasteiger partial charge >= 0.3 is 5.97 Å². The van der Waals surface area contributed by atoms with E-state index in [2.05, 4.69) is 0 Å². The van der Waals surface area contributed by atoms with Crippen molar-refractivity contribution >= 4 is 69.1 Å². The monoisotopic (exact) mass is 614 g/mol. The maximum Gasteiger partial charge on any atom is 0.359 e. The van der Waals surface area contributed by atoms with Crippen LogP contribution in [0.5, 0.6) is 5.75 Å². The number of carbonyl (C=O) groups excluding carboxylic acids is 3. The number of ether oxygens (including phenoxy) is 2.